The number of hydrogen-bond acceptors (Lipinski definition) is 6. The summed E-state index contributed by atoms with van der Waals surface area (Å²) in [4.78, 5) is 33.2. The molecule has 0 saturated carbocycles. The summed E-state index contributed by atoms with van der Waals surface area (Å²) in [6.45, 7) is 3.43. The molecule has 0 fully saturated rings. The van der Waals surface area contributed by atoms with Gasteiger partial charge in [0.2, 0.25) is 0 Å². The molecule has 0 spiro atoms. The number of aryl methyl sites for hydroxylation is 1. The third-order valence-electron chi connectivity index (χ3n) is 4.93. The lowest BCUT2D eigenvalue weighted by Gasteiger charge is -2.17. The molecule has 0 aliphatic heterocycles. The third kappa shape index (κ3) is 3.30. The van der Waals surface area contributed by atoms with Crippen molar-refractivity contribution in [1.29, 1.82) is 0 Å². The first-order valence-corrected chi connectivity index (χ1v) is 9.29. The van der Waals surface area contributed by atoms with Gasteiger partial charge in [-0.05, 0) is 43.7 Å². The zero-order valence-electron chi connectivity index (χ0n) is 16.3. The van der Waals surface area contributed by atoms with Gasteiger partial charge in [-0.3, -0.25) is 0 Å². The van der Waals surface area contributed by atoms with Crippen LogP contribution in [0.3, 0.4) is 0 Å². The van der Waals surface area contributed by atoms with Gasteiger partial charge in [0, 0.05) is 5.56 Å². The first-order valence-electron chi connectivity index (χ1n) is 9.29. The molecule has 4 aromatic rings. The van der Waals surface area contributed by atoms with Gasteiger partial charge >= 0.3 is 11.9 Å². The molecule has 0 amide bonds. The smallest absolute Gasteiger partial charge is 0.342 e. The summed E-state index contributed by atoms with van der Waals surface area (Å²) in [7, 11) is 0. The number of carboxylic acids is 1. The Morgan fingerprint density at radius 2 is 1.57 bits per heavy atom. The van der Waals surface area contributed by atoms with Crippen LogP contribution in [-0.4, -0.2) is 32.1 Å². The number of phenols is 1. The Hall–Kier alpha value is -4.00. The SMILES string of the molecule is Cc1cccc(O)c1C(=O)O[C@@H](C)c1cccc2nc3c(C(=O)O)cccc3nc12. The Morgan fingerprint density at radius 1 is 0.933 bits per heavy atom. The Labute approximate surface area is 171 Å². The number of carbonyl (C=O) groups excluding carboxylic acids is 1. The van der Waals surface area contributed by atoms with Crippen LogP contribution >= 0.6 is 0 Å². The maximum Gasteiger partial charge on any atom is 0.342 e. The van der Waals surface area contributed by atoms with Crippen LogP contribution in [0.25, 0.3) is 22.1 Å². The minimum absolute atomic E-state index is 0.0711. The van der Waals surface area contributed by atoms with Crippen LogP contribution in [0.5, 0.6) is 5.75 Å². The Bertz CT molecular complexity index is 1300. The predicted octanol–water partition coefficient (Wildman–Crippen LogP) is 4.41. The zero-order chi connectivity index (χ0) is 21.4. The molecule has 2 N–H and O–H groups in total. The number of benzene rings is 3. The molecule has 0 saturated heterocycles. The van der Waals surface area contributed by atoms with E-state index in [0.29, 0.717) is 33.2 Å². The number of ether oxygens (including phenoxy) is 1. The van der Waals surface area contributed by atoms with Crippen LogP contribution in [-0.2, 0) is 4.74 Å². The van der Waals surface area contributed by atoms with Gasteiger partial charge in [-0.25, -0.2) is 19.6 Å². The van der Waals surface area contributed by atoms with Gasteiger partial charge in [-0.2, -0.15) is 0 Å². The first-order chi connectivity index (χ1) is 14.4. The van der Waals surface area contributed by atoms with Gasteiger partial charge in [0.1, 0.15) is 22.9 Å². The van der Waals surface area contributed by atoms with Crippen molar-refractivity contribution in [1.82, 2.24) is 9.97 Å². The minimum Gasteiger partial charge on any atom is -0.507 e. The fourth-order valence-corrected chi connectivity index (χ4v) is 3.44. The number of aromatic hydroxyl groups is 1. The normalized spacial score (nSPS) is 12.1. The van der Waals surface area contributed by atoms with E-state index in [1.54, 1.807) is 56.3 Å². The summed E-state index contributed by atoms with van der Waals surface area (Å²) >= 11 is 0. The quantitative estimate of drug-likeness (QED) is 0.384. The number of esters is 1. The summed E-state index contributed by atoms with van der Waals surface area (Å²) in [6, 6.07) is 14.8. The molecule has 7 heteroatoms. The highest BCUT2D eigenvalue weighted by atomic mass is 16.5. The van der Waals surface area contributed by atoms with Crippen molar-refractivity contribution in [2.75, 3.05) is 0 Å². The van der Waals surface area contributed by atoms with E-state index in [-0.39, 0.29) is 16.9 Å². The second kappa shape index (κ2) is 7.44. The minimum atomic E-state index is -1.08. The monoisotopic (exact) mass is 402 g/mol. The van der Waals surface area contributed by atoms with E-state index in [1.807, 2.05) is 0 Å². The van der Waals surface area contributed by atoms with E-state index >= 15 is 0 Å². The summed E-state index contributed by atoms with van der Waals surface area (Å²) in [6.07, 6.45) is -0.672. The number of hydrogen-bond donors (Lipinski definition) is 2. The zero-order valence-corrected chi connectivity index (χ0v) is 16.3. The lowest BCUT2D eigenvalue weighted by Crippen LogP contribution is -2.11. The van der Waals surface area contributed by atoms with Crippen molar-refractivity contribution < 1.29 is 24.5 Å². The first kappa shape index (κ1) is 19.3. The standard InChI is InChI=1S/C23H18N2O5/c1-12-6-3-11-18(26)19(12)23(29)30-13(2)14-7-4-9-16-20(14)24-17-10-5-8-15(22(27)28)21(17)25-16/h3-11,13,26H,1-2H3,(H,27,28)/t13-/m0/s1. The Kier molecular flexibility index (Phi) is 4.79. The average molecular weight is 402 g/mol. The van der Waals surface area contributed by atoms with E-state index in [2.05, 4.69) is 9.97 Å². The molecular formula is C23H18N2O5. The number of aromatic nitrogens is 2. The molecule has 0 radical (unpaired) electrons. The molecule has 150 valence electrons. The molecule has 7 nitrogen and oxygen atoms in total. The van der Waals surface area contributed by atoms with Crippen LogP contribution < -0.4 is 0 Å². The fraction of sp³-hybridized carbons (Fsp3) is 0.130. The number of rotatable bonds is 4. The van der Waals surface area contributed by atoms with Crippen molar-refractivity contribution in [2.45, 2.75) is 20.0 Å². The molecule has 0 bridgehead atoms. The van der Waals surface area contributed by atoms with Gasteiger partial charge < -0.3 is 14.9 Å². The lowest BCUT2D eigenvalue weighted by atomic mass is 10.1. The number of fused-ring (bicyclic) bond motifs is 2. The largest absolute Gasteiger partial charge is 0.507 e. The van der Waals surface area contributed by atoms with Gasteiger partial charge in [0.15, 0.2) is 0 Å². The number of carboxylic acid groups (broad SMARTS) is 1. The number of carbonyl (C=O) groups is 2. The molecule has 0 aliphatic rings. The highest BCUT2D eigenvalue weighted by Crippen LogP contribution is 2.29. The van der Waals surface area contributed by atoms with Crippen LogP contribution in [0, 0.1) is 6.92 Å². The maximum absolute atomic E-state index is 12.7. The van der Waals surface area contributed by atoms with Gasteiger partial charge in [0.05, 0.1) is 22.1 Å². The lowest BCUT2D eigenvalue weighted by molar-refractivity contribution is 0.0336. The second-order valence-corrected chi connectivity index (χ2v) is 6.93. The van der Waals surface area contributed by atoms with Gasteiger partial charge in [0.25, 0.3) is 0 Å². The van der Waals surface area contributed by atoms with Crippen molar-refractivity contribution in [3.05, 3.63) is 76.9 Å². The van der Waals surface area contributed by atoms with Crippen LogP contribution in [0.15, 0.2) is 54.6 Å². The van der Waals surface area contributed by atoms with Crippen molar-refractivity contribution in [3.63, 3.8) is 0 Å². The van der Waals surface area contributed by atoms with Crippen LogP contribution in [0.1, 0.15) is 44.9 Å². The van der Waals surface area contributed by atoms with Crippen molar-refractivity contribution in [2.24, 2.45) is 0 Å². The molecule has 3 aromatic carbocycles. The Balaban J connectivity index is 1.77. The molecule has 30 heavy (non-hydrogen) atoms. The second-order valence-electron chi connectivity index (χ2n) is 6.93. The summed E-state index contributed by atoms with van der Waals surface area (Å²) in [5.41, 5.74) is 3.17. The topological polar surface area (TPSA) is 110 Å². The van der Waals surface area contributed by atoms with E-state index in [1.165, 1.54) is 12.1 Å². The highest BCUT2D eigenvalue weighted by Gasteiger charge is 2.21. The average Bonchev–Trinajstić information content (AvgIpc) is 2.71. The van der Waals surface area contributed by atoms with Crippen molar-refractivity contribution >= 4 is 34.0 Å². The van der Waals surface area contributed by atoms with Crippen LogP contribution in [0.4, 0.5) is 0 Å². The third-order valence-corrected chi connectivity index (χ3v) is 4.93. The molecule has 0 aliphatic carbocycles. The molecular weight excluding hydrogens is 384 g/mol. The Morgan fingerprint density at radius 3 is 2.27 bits per heavy atom. The predicted molar refractivity (Wildman–Crippen MR) is 111 cm³/mol. The molecule has 4 rings (SSSR count). The number of nitrogens with zero attached hydrogens (tertiary/aromatic N) is 2. The molecule has 1 aromatic heterocycles. The number of para-hydroxylation sites is 2. The van der Waals surface area contributed by atoms with E-state index in [4.69, 9.17) is 4.74 Å². The summed E-state index contributed by atoms with van der Waals surface area (Å²) in [5.74, 6) is -1.86. The number of aromatic carboxylic acids is 1. The van der Waals surface area contributed by atoms with E-state index in [0.717, 1.165) is 0 Å². The fourth-order valence-electron chi connectivity index (χ4n) is 3.44. The number of phenolic OH excluding ortho intramolecular Hbond substituents is 1. The highest BCUT2D eigenvalue weighted by molar-refractivity contribution is 6.02. The van der Waals surface area contributed by atoms with E-state index < -0.39 is 18.0 Å². The molecule has 0 unspecified atom stereocenters. The van der Waals surface area contributed by atoms with Gasteiger partial charge in [-0.1, -0.05) is 30.3 Å². The van der Waals surface area contributed by atoms with Gasteiger partial charge in [-0.15, -0.1) is 0 Å². The van der Waals surface area contributed by atoms with Crippen LogP contribution in [0.2, 0.25) is 0 Å². The summed E-state index contributed by atoms with van der Waals surface area (Å²) in [5, 5.41) is 19.4. The van der Waals surface area contributed by atoms with Crippen molar-refractivity contribution in [3.8, 4) is 5.75 Å². The molecule has 1 heterocycles. The maximum atomic E-state index is 12.7. The summed E-state index contributed by atoms with van der Waals surface area (Å²) < 4.78 is 5.61. The molecule has 1 atom stereocenters. The van der Waals surface area contributed by atoms with E-state index in [9.17, 15) is 19.8 Å².